The van der Waals surface area contributed by atoms with E-state index in [2.05, 4.69) is 9.97 Å². The van der Waals surface area contributed by atoms with Crippen molar-refractivity contribution in [2.24, 2.45) is 5.84 Å². The number of nitrogens with two attached hydrogens (primary N) is 2. The zero-order valence-electron chi connectivity index (χ0n) is 12.6. The molecule has 1 aromatic carbocycles. The smallest absolute Gasteiger partial charge is 0.287 e. The summed E-state index contributed by atoms with van der Waals surface area (Å²) in [6.07, 6.45) is 1.40. The highest BCUT2D eigenvalue weighted by Gasteiger charge is 2.19. The number of carbonyl (C=O) groups is 1. The Morgan fingerprint density at radius 3 is 2.35 bits per heavy atom. The molecule has 0 unspecified atom stereocenters. The maximum absolute atomic E-state index is 12.1. The van der Waals surface area contributed by atoms with Gasteiger partial charge in [-0.15, -0.1) is 0 Å². The Morgan fingerprint density at radius 1 is 1.22 bits per heavy atom. The van der Waals surface area contributed by atoms with Crippen molar-refractivity contribution in [2.75, 3.05) is 5.73 Å². The molecule has 9 heteroatoms. The van der Waals surface area contributed by atoms with Gasteiger partial charge in [-0.05, 0) is 26.0 Å². The number of carbonyl (C=O) groups excluding carboxylic acids is 1. The summed E-state index contributed by atoms with van der Waals surface area (Å²) < 4.78 is 24.2. The average Bonchev–Trinajstić information content (AvgIpc) is 2.54. The van der Waals surface area contributed by atoms with E-state index in [0.717, 1.165) is 0 Å². The van der Waals surface area contributed by atoms with Crippen LogP contribution in [0, 0.1) is 0 Å². The molecule has 0 fully saturated rings. The average molecular weight is 335 g/mol. The van der Waals surface area contributed by atoms with Crippen LogP contribution in [0.5, 0.6) is 0 Å². The second kappa shape index (κ2) is 6.31. The Morgan fingerprint density at radius 2 is 1.83 bits per heavy atom. The van der Waals surface area contributed by atoms with Crippen LogP contribution in [0.25, 0.3) is 11.3 Å². The lowest BCUT2D eigenvalue weighted by molar-refractivity contribution is 0.0949. The van der Waals surface area contributed by atoms with Crippen molar-refractivity contribution in [1.29, 1.82) is 0 Å². The van der Waals surface area contributed by atoms with Gasteiger partial charge in [0.05, 0.1) is 22.0 Å². The summed E-state index contributed by atoms with van der Waals surface area (Å²) in [6.45, 7) is 3.23. The van der Waals surface area contributed by atoms with Crippen LogP contribution in [-0.2, 0) is 9.84 Å². The van der Waals surface area contributed by atoms with Crippen molar-refractivity contribution >= 4 is 21.6 Å². The van der Waals surface area contributed by atoms with Crippen molar-refractivity contribution in [3.8, 4) is 11.3 Å². The molecule has 122 valence electrons. The second-order valence-electron chi connectivity index (χ2n) is 5.08. The van der Waals surface area contributed by atoms with E-state index in [4.69, 9.17) is 11.6 Å². The van der Waals surface area contributed by atoms with Crippen LogP contribution in [0.3, 0.4) is 0 Å². The molecule has 0 aliphatic rings. The number of benzene rings is 1. The van der Waals surface area contributed by atoms with Crippen molar-refractivity contribution in [3.05, 3.63) is 36.2 Å². The molecule has 0 radical (unpaired) electrons. The van der Waals surface area contributed by atoms with E-state index in [9.17, 15) is 13.2 Å². The largest absolute Gasteiger partial charge is 0.382 e. The van der Waals surface area contributed by atoms with Gasteiger partial charge in [-0.1, -0.05) is 12.1 Å². The van der Waals surface area contributed by atoms with Gasteiger partial charge in [0.15, 0.2) is 21.3 Å². The molecule has 0 bridgehead atoms. The first kappa shape index (κ1) is 16.8. The Hall–Kier alpha value is -2.52. The maximum atomic E-state index is 12.1. The number of rotatable bonds is 4. The molecule has 2 aromatic rings. The summed E-state index contributed by atoms with van der Waals surface area (Å²) in [5.74, 6) is 4.37. The number of hydrogen-bond donors (Lipinski definition) is 3. The first-order valence-electron chi connectivity index (χ1n) is 6.75. The van der Waals surface area contributed by atoms with Gasteiger partial charge in [0.25, 0.3) is 5.91 Å². The first-order chi connectivity index (χ1) is 10.8. The van der Waals surface area contributed by atoms with Gasteiger partial charge >= 0.3 is 0 Å². The van der Waals surface area contributed by atoms with Crippen LogP contribution in [-0.4, -0.2) is 29.5 Å². The van der Waals surface area contributed by atoms with Crippen molar-refractivity contribution in [3.63, 3.8) is 0 Å². The van der Waals surface area contributed by atoms with E-state index < -0.39 is 21.0 Å². The minimum atomic E-state index is -3.34. The lowest BCUT2D eigenvalue weighted by atomic mass is 10.1. The third-order valence-corrected chi connectivity index (χ3v) is 5.42. The monoisotopic (exact) mass is 335 g/mol. The van der Waals surface area contributed by atoms with Crippen LogP contribution in [0.2, 0.25) is 0 Å². The van der Waals surface area contributed by atoms with E-state index in [-0.39, 0.29) is 16.4 Å². The summed E-state index contributed by atoms with van der Waals surface area (Å²) in [4.78, 5) is 19.8. The highest BCUT2D eigenvalue weighted by atomic mass is 32.2. The van der Waals surface area contributed by atoms with Crippen LogP contribution >= 0.6 is 0 Å². The third kappa shape index (κ3) is 3.30. The molecule has 0 saturated heterocycles. The van der Waals surface area contributed by atoms with Crippen molar-refractivity contribution in [2.45, 2.75) is 24.0 Å². The number of aromatic nitrogens is 2. The Kier molecular flexibility index (Phi) is 4.62. The van der Waals surface area contributed by atoms with Gasteiger partial charge in [0, 0.05) is 5.56 Å². The third-order valence-electron chi connectivity index (χ3n) is 3.25. The van der Waals surface area contributed by atoms with E-state index in [1.807, 2.05) is 5.43 Å². The predicted molar refractivity (Wildman–Crippen MR) is 85.9 cm³/mol. The van der Waals surface area contributed by atoms with Crippen LogP contribution < -0.4 is 17.0 Å². The van der Waals surface area contributed by atoms with Gasteiger partial charge in [-0.2, -0.15) is 0 Å². The quantitative estimate of drug-likeness (QED) is 0.420. The summed E-state index contributed by atoms with van der Waals surface area (Å²) in [5.41, 5.74) is 8.42. The number of nitrogen functional groups attached to an aromatic ring is 2. The fourth-order valence-electron chi connectivity index (χ4n) is 1.86. The number of amides is 1. The van der Waals surface area contributed by atoms with E-state index in [1.54, 1.807) is 26.0 Å². The molecule has 0 atom stereocenters. The molecule has 0 saturated carbocycles. The summed E-state index contributed by atoms with van der Waals surface area (Å²) >= 11 is 0. The van der Waals surface area contributed by atoms with Crippen LogP contribution in [0.1, 0.15) is 24.3 Å². The summed E-state index contributed by atoms with van der Waals surface area (Å²) in [6, 6.07) is 6.18. The number of nitrogens with zero attached hydrogens (tertiary/aromatic N) is 2. The minimum absolute atomic E-state index is 0.0456. The molecule has 1 heterocycles. The molecule has 1 aromatic heterocycles. The normalized spacial score (nSPS) is 11.5. The fourth-order valence-corrected chi connectivity index (χ4v) is 2.92. The minimum Gasteiger partial charge on any atom is -0.382 e. The molecule has 5 N–H and O–H groups in total. The number of hydrogen-bond acceptors (Lipinski definition) is 7. The topological polar surface area (TPSA) is 141 Å². The Labute approximate surface area is 133 Å². The molecule has 0 aliphatic carbocycles. The second-order valence-corrected chi connectivity index (χ2v) is 7.58. The van der Waals surface area contributed by atoms with Gasteiger partial charge in [0.2, 0.25) is 0 Å². The van der Waals surface area contributed by atoms with Crippen LogP contribution in [0.15, 0.2) is 35.4 Å². The SMILES string of the molecule is CC(C)S(=O)(=O)c1ccc(-c2cnc(N)c(C(=O)NN)n2)cc1. The molecular weight excluding hydrogens is 318 g/mol. The number of nitrogens with one attached hydrogen (secondary N) is 1. The number of sulfone groups is 1. The van der Waals surface area contributed by atoms with E-state index >= 15 is 0 Å². The molecule has 2 rings (SSSR count). The Bertz CT molecular complexity index is 832. The highest BCUT2D eigenvalue weighted by Crippen LogP contribution is 2.22. The lowest BCUT2D eigenvalue weighted by Gasteiger charge is -2.09. The summed E-state index contributed by atoms with van der Waals surface area (Å²) in [5, 5.41) is -0.510. The molecule has 8 nitrogen and oxygen atoms in total. The van der Waals surface area contributed by atoms with Crippen LogP contribution in [0.4, 0.5) is 5.82 Å². The molecular formula is C14H17N5O3S. The lowest BCUT2D eigenvalue weighted by Crippen LogP contribution is -2.31. The molecule has 23 heavy (non-hydrogen) atoms. The molecule has 0 aliphatic heterocycles. The van der Waals surface area contributed by atoms with Gasteiger partial charge in [-0.3, -0.25) is 10.2 Å². The fraction of sp³-hybridized carbons (Fsp3) is 0.214. The first-order valence-corrected chi connectivity index (χ1v) is 8.29. The van der Waals surface area contributed by atoms with E-state index in [1.165, 1.54) is 18.3 Å². The number of hydrazine groups is 1. The zero-order chi connectivity index (χ0) is 17.2. The van der Waals surface area contributed by atoms with E-state index in [0.29, 0.717) is 11.3 Å². The summed E-state index contributed by atoms with van der Waals surface area (Å²) in [7, 11) is -3.34. The number of anilines is 1. The van der Waals surface area contributed by atoms with Crippen molar-refractivity contribution in [1.82, 2.24) is 15.4 Å². The van der Waals surface area contributed by atoms with Gasteiger partial charge < -0.3 is 5.73 Å². The predicted octanol–water partition coefficient (Wildman–Crippen LogP) is 0.511. The Balaban J connectivity index is 2.43. The zero-order valence-corrected chi connectivity index (χ0v) is 13.5. The molecule has 0 spiro atoms. The van der Waals surface area contributed by atoms with Gasteiger partial charge in [0.1, 0.15) is 0 Å². The van der Waals surface area contributed by atoms with Gasteiger partial charge in [-0.25, -0.2) is 24.2 Å². The molecule has 1 amide bonds. The van der Waals surface area contributed by atoms with Crippen molar-refractivity contribution < 1.29 is 13.2 Å². The highest BCUT2D eigenvalue weighted by molar-refractivity contribution is 7.92. The standard InChI is InChI=1S/C14H17N5O3S/c1-8(2)23(21,22)10-5-3-9(4-6-10)11-7-17-13(15)12(18-11)14(20)19-16/h3-8H,16H2,1-2H3,(H2,15,17)(H,19,20). The maximum Gasteiger partial charge on any atom is 0.287 e.